The van der Waals surface area contributed by atoms with Gasteiger partial charge in [-0.1, -0.05) is 0 Å². The Morgan fingerprint density at radius 3 is 2.70 bits per heavy atom. The summed E-state index contributed by atoms with van der Waals surface area (Å²) in [4.78, 5) is 5.07. The molecule has 2 atom stereocenters. The Balaban J connectivity index is 1.72. The van der Waals surface area contributed by atoms with Gasteiger partial charge < -0.3 is 15.3 Å². The van der Waals surface area contributed by atoms with Crippen LogP contribution >= 0.6 is 0 Å². The van der Waals surface area contributed by atoms with Gasteiger partial charge in [0, 0.05) is 24.2 Å². The average Bonchev–Trinajstić information content (AvgIpc) is 3.20. The molecular weight excluding hydrogens is 250 g/mol. The highest BCUT2D eigenvalue weighted by Crippen LogP contribution is 2.24. The summed E-state index contributed by atoms with van der Waals surface area (Å²) in [7, 11) is 2.22. The molecule has 1 aliphatic heterocycles. The van der Waals surface area contributed by atoms with E-state index in [4.69, 9.17) is 0 Å². The van der Waals surface area contributed by atoms with Crippen molar-refractivity contribution in [1.82, 2.24) is 15.1 Å². The van der Waals surface area contributed by atoms with Crippen LogP contribution in [0.4, 0.5) is 0 Å². The summed E-state index contributed by atoms with van der Waals surface area (Å²) in [6.45, 7) is 9.55. The third-order valence-corrected chi connectivity index (χ3v) is 4.84. The van der Waals surface area contributed by atoms with Crippen LogP contribution in [0.15, 0.2) is 0 Å². The van der Waals surface area contributed by atoms with E-state index in [1.54, 1.807) is 0 Å². The number of nitrogens with zero attached hydrogens (tertiary/aromatic N) is 2. The molecule has 0 bridgehead atoms. The molecule has 118 valence electrons. The summed E-state index contributed by atoms with van der Waals surface area (Å²) >= 11 is 0. The fourth-order valence-corrected chi connectivity index (χ4v) is 3.34. The van der Waals surface area contributed by atoms with Crippen molar-refractivity contribution >= 4 is 0 Å². The van der Waals surface area contributed by atoms with Crippen molar-refractivity contribution in [2.24, 2.45) is 0 Å². The fraction of sp³-hybridized carbons (Fsp3) is 1.00. The molecule has 2 unspecified atom stereocenters. The van der Waals surface area contributed by atoms with Gasteiger partial charge in [-0.05, 0) is 72.6 Å². The van der Waals surface area contributed by atoms with Gasteiger partial charge in [-0.2, -0.15) is 0 Å². The molecule has 0 amide bonds. The molecule has 1 heterocycles. The molecule has 1 aliphatic carbocycles. The van der Waals surface area contributed by atoms with Crippen LogP contribution in [-0.2, 0) is 0 Å². The van der Waals surface area contributed by atoms with E-state index < -0.39 is 0 Å². The maximum atomic E-state index is 9.65. The second kappa shape index (κ2) is 7.21. The molecule has 2 fully saturated rings. The highest BCUT2D eigenvalue weighted by molar-refractivity contribution is 4.92. The number of aliphatic hydroxyl groups excluding tert-OH is 1. The molecule has 1 saturated heterocycles. The Morgan fingerprint density at radius 2 is 2.05 bits per heavy atom. The summed E-state index contributed by atoms with van der Waals surface area (Å²) in [5.74, 6) is 0. The van der Waals surface area contributed by atoms with Crippen molar-refractivity contribution in [1.29, 1.82) is 0 Å². The molecule has 0 aromatic carbocycles. The summed E-state index contributed by atoms with van der Waals surface area (Å²) < 4.78 is 0. The molecule has 1 saturated carbocycles. The van der Waals surface area contributed by atoms with E-state index in [0.29, 0.717) is 12.1 Å². The van der Waals surface area contributed by atoms with E-state index in [1.165, 1.54) is 45.3 Å². The predicted molar refractivity (Wildman–Crippen MR) is 84.0 cm³/mol. The van der Waals surface area contributed by atoms with E-state index in [0.717, 1.165) is 13.0 Å². The minimum absolute atomic E-state index is 0.0763. The van der Waals surface area contributed by atoms with Crippen molar-refractivity contribution in [3.63, 3.8) is 0 Å². The molecule has 2 N–H and O–H groups in total. The first-order valence-electron chi connectivity index (χ1n) is 8.33. The Labute approximate surface area is 124 Å². The number of aliphatic hydroxyl groups is 1. The Bertz CT molecular complexity index is 295. The van der Waals surface area contributed by atoms with Crippen LogP contribution < -0.4 is 5.32 Å². The molecule has 2 rings (SSSR count). The molecular formula is C16H33N3O. The van der Waals surface area contributed by atoms with Crippen LogP contribution in [0, 0.1) is 0 Å². The first-order chi connectivity index (χ1) is 9.52. The topological polar surface area (TPSA) is 38.7 Å². The summed E-state index contributed by atoms with van der Waals surface area (Å²) in [6.07, 6.45) is 6.08. The van der Waals surface area contributed by atoms with E-state index in [1.807, 2.05) is 0 Å². The number of hydrogen-bond acceptors (Lipinski definition) is 4. The number of hydrogen-bond donors (Lipinski definition) is 2. The minimum Gasteiger partial charge on any atom is -0.394 e. The largest absolute Gasteiger partial charge is 0.394 e. The lowest BCUT2D eigenvalue weighted by Crippen LogP contribution is -2.47. The molecule has 2 aliphatic rings. The minimum atomic E-state index is -0.0763. The molecule has 4 heteroatoms. The lowest BCUT2D eigenvalue weighted by Gasteiger charge is -2.32. The quantitative estimate of drug-likeness (QED) is 0.739. The zero-order valence-corrected chi connectivity index (χ0v) is 13.6. The molecule has 0 spiro atoms. The van der Waals surface area contributed by atoms with Gasteiger partial charge in [0.1, 0.15) is 0 Å². The average molecular weight is 283 g/mol. The number of likely N-dealkylation sites (N-methyl/N-ethyl adjacent to an activating group) is 1. The van der Waals surface area contributed by atoms with E-state index >= 15 is 0 Å². The van der Waals surface area contributed by atoms with Gasteiger partial charge in [0.25, 0.3) is 0 Å². The number of nitrogens with one attached hydrogen (secondary N) is 1. The van der Waals surface area contributed by atoms with Crippen molar-refractivity contribution in [2.75, 3.05) is 39.8 Å². The van der Waals surface area contributed by atoms with Gasteiger partial charge >= 0.3 is 0 Å². The lowest BCUT2D eigenvalue weighted by atomic mass is 9.96. The first-order valence-corrected chi connectivity index (χ1v) is 8.33. The van der Waals surface area contributed by atoms with E-state index in [2.05, 4.69) is 36.0 Å². The third kappa shape index (κ3) is 4.99. The highest BCUT2D eigenvalue weighted by Gasteiger charge is 2.31. The van der Waals surface area contributed by atoms with Crippen LogP contribution in [0.3, 0.4) is 0 Å². The van der Waals surface area contributed by atoms with Crippen molar-refractivity contribution < 1.29 is 5.11 Å². The molecule has 20 heavy (non-hydrogen) atoms. The first kappa shape index (κ1) is 16.2. The van der Waals surface area contributed by atoms with Crippen LogP contribution in [0.5, 0.6) is 0 Å². The third-order valence-electron chi connectivity index (χ3n) is 4.84. The number of rotatable bonds is 7. The van der Waals surface area contributed by atoms with Crippen molar-refractivity contribution in [3.05, 3.63) is 0 Å². The van der Waals surface area contributed by atoms with Gasteiger partial charge in [0.2, 0.25) is 0 Å². The zero-order chi connectivity index (χ0) is 14.6. The van der Waals surface area contributed by atoms with Gasteiger partial charge in [-0.25, -0.2) is 0 Å². The van der Waals surface area contributed by atoms with Crippen LogP contribution in [0.1, 0.15) is 46.0 Å². The second-order valence-corrected chi connectivity index (χ2v) is 7.24. The summed E-state index contributed by atoms with van der Waals surface area (Å²) in [5.41, 5.74) is -0.0763. The standard InChI is InChI=1S/C16H33N3O/c1-14-12-18(3)9-5-11-19(14)10-4-8-16(2,13-20)17-15-6-7-15/h14-15,17,20H,4-13H2,1-3H3. The van der Waals surface area contributed by atoms with Crippen LogP contribution in [0.25, 0.3) is 0 Å². The molecule has 4 nitrogen and oxygen atoms in total. The molecule has 0 radical (unpaired) electrons. The maximum absolute atomic E-state index is 9.65. The van der Waals surface area contributed by atoms with Crippen molar-refractivity contribution in [2.45, 2.75) is 63.6 Å². The Kier molecular flexibility index (Phi) is 5.84. The summed E-state index contributed by atoms with van der Waals surface area (Å²) in [6, 6.07) is 1.32. The Hall–Kier alpha value is -0.160. The van der Waals surface area contributed by atoms with E-state index in [-0.39, 0.29) is 12.1 Å². The van der Waals surface area contributed by atoms with Crippen molar-refractivity contribution in [3.8, 4) is 0 Å². The second-order valence-electron chi connectivity index (χ2n) is 7.24. The highest BCUT2D eigenvalue weighted by atomic mass is 16.3. The molecule has 0 aromatic rings. The Morgan fingerprint density at radius 1 is 1.30 bits per heavy atom. The SMILES string of the molecule is CC1CN(C)CCCN1CCCC(C)(CO)NC1CC1. The lowest BCUT2D eigenvalue weighted by molar-refractivity contribution is 0.147. The van der Waals surface area contributed by atoms with Crippen LogP contribution in [-0.4, -0.2) is 72.4 Å². The summed E-state index contributed by atoms with van der Waals surface area (Å²) in [5, 5.41) is 13.3. The maximum Gasteiger partial charge on any atom is 0.0610 e. The normalized spacial score (nSPS) is 29.1. The zero-order valence-electron chi connectivity index (χ0n) is 13.6. The smallest absolute Gasteiger partial charge is 0.0610 e. The molecule has 0 aromatic heterocycles. The van der Waals surface area contributed by atoms with Gasteiger partial charge in [-0.3, -0.25) is 4.90 Å². The predicted octanol–water partition coefficient (Wildman–Crippen LogP) is 1.30. The fourth-order valence-electron chi connectivity index (χ4n) is 3.34. The van der Waals surface area contributed by atoms with E-state index in [9.17, 15) is 5.11 Å². The van der Waals surface area contributed by atoms with Gasteiger partial charge in [0.15, 0.2) is 0 Å². The van der Waals surface area contributed by atoms with Gasteiger partial charge in [-0.15, -0.1) is 0 Å². The van der Waals surface area contributed by atoms with Crippen LogP contribution in [0.2, 0.25) is 0 Å². The van der Waals surface area contributed by atoms with Gasteiger partial charge in [0.05, 0.1) is 6.61 Å². The monoisotopic (exact) mass is 283 g/mol.